The minimum atomic E-state index is 0.151. The van der Waals surface area contributed by atoms with Crippen molar-refractivity contribution in [1.82, 2.24) is 18.9 Å². The molecule has 0 saturated carbocycles. The van der Waals surface area contributed by atoms with Crippen LogP contribution in [0, 0.1) is 0 Å². The first-order chi connectivity index (χ1) is 12.5. The molecule has 1 aliphatic rings. The van der Waals surface area contributed by atoms with Crippen molar-refractivity contribution >= 4 is 27.8 Å². The van der Waals surface area contributed by atoms with E-state index in [-0.39, 0.29) is 5.91 Å². The predicted octanol–water partition coefficient (Wildman–Crippen LogP) is 3.49. The topological polar surface area (TPSA) is 33.4 Å². The number of hydrogen-bond donors (Lipinski definition) is 0. The molecule has 1 fully saturated rings. The third-order valence-electron chi connectivity index (χ3n) is 5.63. The van der Waals surface area contributed by atoms with E-state index in [0.717, 1.165) is 49.3 Å². The second-order valence-corrected chi connectivity index (χ2v) is 7.75. The van der Waals surface area contributed by atoms with Gasteiger partial charge in [0.1, 0.15) is 5.69 Å². The second kappa shape index (κ2) is 6.47. The van der Waals surface area contributed by atoms with Gasteiger partial charge >= 0.3 is 0 Å². The summed E-state index contributed by atoms with van der Waals surface area (Å²) in [6.45, 7) is 8.04. The maximum Gasteiger partial charge on any atom is 0.270 e. The predicted molar refractivity (Wildman–Crippen MR) is 107 cm³/mol. The molecule has 5 heteroatoms. The Labute approximate surface area is 154 Å². The molecular formula is C21H28N4O. The van der Waals surface area contributed by atoms with E-state index in [0.29, 0.717) is 6.04 Å². The maximum absolute atomic E-state index is 13.2. The van der Waals surface area contributed by atoms with Crippen LogP contribution in [0.4, 0.5) is 0 Å². The quantitative estimate of drug-likeness (QED) is 0.707. The van der Waals surface area contributed by atoms with Gasteiger partial charge in [0.2, 0.25) is 0 Å². The highest BCUT2D eigenvalue weighted by Gasteiger charge is 2.25. The van der Waals surface area contributed by atoms with E-state index in [2.05, 4.69) is 65.3 Å². The van der Waals surface area contributed by atoms with Crippen molar-refractivity contribution in [3.05, 3.63) is 36.0 Å². The normalized spacial score (nSPS) is 16.7. The number of carbonyl (C=O) groups excluding carboxylic acids is 1. The highest BCUT2D eigenvalue weighted by Crippen LogP contribution is 2.34. The van der Waals surface area contributed by atoms with Crippen LogP contribution in [0.3, 0.4) is 0 Å². The number of benzene rings is 1. The summed E-state index contributed by atoms with van der Waals surface area (Å²) in [5.74, 6) is 0.151. The standard InChI is InChI=1S/C21H28N4O/c1-15(2)25-17-9-6-5-8-16(17)20-18(25)14-19(23(20)4)21(26)24-11-7-10-22(3)12-13-24/h5-6,8-9,14-15H,7,10-13H2,1-4H3. The highest BCUT2D eigenvalue weighted by molar-refractivity contribution is 6.10. The molecule has 0 atom stereocenters. The summed E-state index contributed by atoms with van der Waals surface area (Å²) in [6.07, 6.45) is 1.04. The first-order valence-electron chi connectivity index (χ1n) is 9.55. The maximum atomic E-state index is 13.2. The number of rotatable bonds is 2. The molecule has 2 aromatic heterocycles. The molecule has 138 valence electrons. The summed E-state index contributed by atoms with van der Waals surface area (Å²) in [5.41, 5.74) is 4.33. The van der Waals surface area contributed by atoms with Crippen LogP contribution in [0.2, 0.25) is 0 Å². The summed E-state index contributed by atoms with van der Waals surface area (Å²) in [4.78, 5) is 17.6. The summed E-state index contributed by atoms with van der Waals surface area (Å²) < 4.78 is 4.44. The van der Waals surface area contributed by atoms with E-state index >= 15 is 0 Å². The lowest BCUT2D eigenvalue weighted by Crippen LogP contribution is -2.35. The van der Waals surface area contributed by atoms with Crippen molar-refractivity contribution in [3.8, 4) is 0 Å². The molecule has 3 heterocycles. The van der Waals surface area contributed by atoms with Gasteiger partial charge < -0.3 is 18.9 Å². The van der Waals surface area contributed by atoms with Crippen LogP contribution < -0.4 is 0 Å². The fraction of sp³-hybridized carbons (Fsp3) is 0.476. The van der Waals surface area contributed by atoms with Crippen LogP contribution in [0.1, 0.15) is 36.8 Å². The molecule has 5 nitrogen and oxygen atoms in total. The van der Waals surface area contributed by atoms with Gasteiger partial charge in [0.15, 0.2) is 0 Å². The number of likely N-dealkylation sites (N-methyl/N-ethyl adjacent to an activating group) is 1. The van der Waals surface area contributed by atoms with Crippen molar-refractivity contribution in [2.24, 2.45) is 7.05 Å². The molecule has 3 aromatic rings. The Morgan fingerprint density at radius 2 is 1.77 bits per heavy atom. The number of aryl methyl sites for hydroxylation is 1. The zero-order valence-electron chi connectivity index (χ0n) is 16.2. The Morgan fingerprint density at radius 1 is 1.00 bits per heavy atom. The first kappa shape index (κ1) is 17.2. The monoisotopic (exact) mass is 352 g/mol. The molecule has 1 aliphatic heterocycles. The number of carbonyl (C=O) groups is 1. The summed E-state index contributed by atoms with van der Waals surface area (Å²) in [5, 5.41) is 1.22. The van der Waals surface area contributed by atoms with Gasteiger partial charge in [-0.3, -0.25) is 4.79 Å². The molecule has 26 heavy (non-hydrogen) atoms. The van der Waals surface area contributed by atoms with Gasteiger partial charge in [-0.05, 0) is 46.0 Å². The van der Waals surface area contributed by atoms with E-state index in [4.69, 9.17) is 0 Å². The summed E-state index contributed by atoms with van der Waals surface area (Å²) in [7, 11) is 4.15. The lowest BCUT2D eigenvalue weighted by atomic mass is 10.2. The van der Waals surface area contributed by atoms with E-state index in [1.54, 1.807) is 0 Å². The van der Waals surface area contributed by atoms with Crippen LogP contribution in [0.25, 0.3) is 21.9 Å². The fourth-order valence-electron chi connectivity index (χ4n) is 4.28. The Bertz CT molecular complexity index is 965. The third kappa shape index (κ3) is 2.62. The third-order valence-corrected chi connectivity index (χ3v) is 5.63. The number of aromatic nitrogens is 2. The highest BCUT2D eigenvalue weighted by atomic mass is 16.2. The van der Waals surface area contributed by atoms with Gasteiger partial charge in [-0.25, -0.2) is 0 Å². The summed E-state index contributed by atoms with van der Waals surface area (Å²) in [6, 6.07) is 10.9. The van der Waals surface area contributed by atoms with Crippen LogP contribution in [0.15, 0.2) is 30.3 Å². The minimum absolute atomic E-state index is 0.151. The number of para-hydroxylation sites is 1. The van der Waals surface area contributed by atoms with E-state index in [1.165, 1.54) is 10.9 Å². The SMILES string of the molecule is CC(C)n1c2ccccc2c2c1cc(C(=O)N1CCCN(C)CC1)n2C. The van der Waals surface area contributed by atoms with Crippen molar-refractivity contribution in [1.29, 1.82) is 0 Å². The van der Waals surface area contributed by atoms with Gasteiger partial charge in [0.25, 0.3) is 5.91 Å². The molecule has 1 amide bonds. The smallest absolute Gasteiger partial charge is 0.270 e. The number of amides is 1. The number of fused-ring (bicyclic) bond motifs is 3. The number of hydrogen-bond acceptors (Lipinski definition) is 2. The lowest BCUT2D eigenvalue weighted by Gasteiger charge is -2.21. The van der Waals surface area contributed by atoms with Crippen molar-refractivity contribution < 1.29 is 4.79 Å². The van der Waals surface area contributed by atoms with E-state index in [1.807, 2.05) is 11.9 Å². The van der Waals surface area contributed by atoms with Crippen molar-refractivity contribution in [3.63, 3.8) is 0 Å². The van der Waals surface area contributed by atoms with Gasteiger partial charge in [-0.15, -0.1) is 0 Å². The molecule has 0 unspecified atom stereocenters. The van der Waals surface area contributed by atoms with Crippen LogP contribution in [-0.2, 0) is 7.05 Å². The van der Waals surface area contributed by atoms with Crippen LogP contribution in [-0.4, -0.2) is 58.1 Å². The molecule has 0 radical (unpaired) electrons. The Kier molecular flexibility index (Phi) is 4.27. The fourth-order valence-corrected chi connectivity index (χ4v) is 4.28. The Hall–Kier alpha value is -2.27. The van der Waals surface area contributed by atoms with E-state index < -0.39 is 0 Å². The lowest BCUT2D eigenvalue weighted by molar-refractivity contribution is 0.0754. The van der Waals surface area contributed by atoms with Gasteiger partial charge in [0, 0.05) is 38.1 Å². The number of nitrogens with zero attached hydrogens (tertiary/aromatic N) is 4. The van der Waals surface area contributed by atoms with Crippen molar-refractivity contribution in [2.75, 3.05) is 33.2 Å². The molecule has 0 spiro atoms. The molecule has 0 bridgehead atoms. The largest absolute Gasteiger partial charge is 0.338 e. The Morgan fingerprint density at radius 3 is 2.54 bits per heavy atom. The summed E-state index contributed by atoms with van der Waals surface area (Å²) >= 11 is 0. The van der Waals surface area contributed by atoms with Crippen LogP contribution >= 0.6 is 0 Å². The molecule has 1 saturated heterocycles. The first-order valence-corrected chi connectivity index (χ1v) is 9.55. The zero-order chi connectivity index (χ0) is 18.4. The van der Waals surface area contributed by atoms with Gasteiger partial charge in [-0.2, -0.15) is 0 Å². The molecule has 0 aliphatic carbocycles. The molecule has 0 N–H and O–H groups in total. The minimum Gasteiger partial charge on any atom is -0.338 e. The Balaban J connectivity index is 1.83. The van der Waals surface area contributed by atoms with Crippen LogP contribution in [0.5, 0.6) is 0 Å². The van der Waals surface area contributed by atoms with Crippen molar-refractivity contribution in [2.45, 2.75) is 26.3 Å². The van der Waals surface area contributed by atoms with Gasteiger partial charge in [-0.1, -0.05) is 18.2 Å². The second-order valence-electron chi connectivity index (χ2n) is 7.75. The molecular weight excluding hydrogens is 324 g/mol. The molecule has 1 aromatic carbocycles. The zero-order valence-corrected chi connectivity index (χ0v) is 16.2. The van der Waals surface area contributed by atoms with E-state index in [9.17, 15) is 4.79 Å². The molecule has 4 rings (SSSR count). The average molecular weight is 352 g/mol. The van der Waals surface area contributed by atoms with Gasteiger partial charge in [0.05, 0.1) is 16.6 Å². The average Bonchev–Trinajstić information content (AvgIpc) is 3.02.